The van der Waals surface area contributed by atoms with E-state index < -0.39 is 0 Å². The van der Waals surface area contributed by atoms with Crippen LogP contribution < -0.4 is 0 Å². The zero-order valence-electron chi connectivity index (χ0n) is 10.4. The van der Waals surface area contributed by atoms with Crippen LogP contribution in [0.2, 0.25) is 0 Å². The van der Waals surface area contributed by atoms with Crippen LogP contribution in [0.3, 0.4) is 0 Å². The van der Waals surface area contributed by atoms with Crippen molar-refractivity contribution in [2.75, 3.05) is 0 Å². The Morgan fingerprint density at radius 1 is 0.938 bits per heavy atom. The number of hydrogen-bond acceptors (Lipinski definition) is 2. The molecule has 0 amide bonds. The highest BCUT2D eigenvalue weighted by Crippen LogP contribution is 2.22. The Morgan fingerprint density at radius 3 is 2.25 bits per heavy atom. The lowest BCUT2D eigenvalue weighted by Gasteiger charge is -2.06. The van der Waals surface area contributed by atoms with Crippen LogP contribution in [0.25, 0.3) is 11.3 Å². The van der Waals surface area contributed by atoms with Crippen LogP contribution in [-0.4, -0.2) is 9.97 Å². The second kappa shape index (κ2) is 6.01. The molecule has 16 heavy (non-hydrogen) atoms. The van der Waals surface area contributed by atoms with Gasteiger partial charge in [-0.1, -0.05) is 38.1 Å². The van der Waals surface area contributed by atoms with Crippen molar-refractivity contribution < 1.29 is 0 Å². The fraction of sp³-hybridized carbons (Fsp3) is 0.286. The van der Waals surface area contributed by atoms with Crippen molar-refractivity contribution in [3.05, 3.63) is 47.9 Å². The highest BCUT2D eigenvalue weighted by Gasteiger charge is 2.04. The predicted octanol–water partition coefficient (Wildman–Crippen LogP) is 3.79. The molecule has 1 aromatic heterocycles. The first-order valence-electron chi connectivity index (χ1n) is 5.61. The smallest absolute Gasteiger partial charge is 0.116 e. The van der Waals surface area contributed by atoms with Crippen molar-refractivity contribution in [1.82, 2.24) is 9.97 Å². The number of aromatic nitrogens is 2. The van der Waals surface area contributed by atoms with Crippen molar-refractivity contribution >= 4 is 0 Å². The Labute approximate surface area is 97.4 Å². The molecule has 0 saturated carbocycles. The molecule has 0 spiro atoms. The van der Waals surface area contributed by atoms with E-state index in [2.05, 4.69) is 29.0 Å². The minimum atomic E-state index is 1.03. The van der Waals surface area contributed by atoms with E-state index in [1.807, 2.05) is 39.1 Å². The van der Waals surface area contributed by atoms with Gasteiger partial charge in [0.1, 0.15) is 6.33 Å². The van der Waals surface area contributed by atoms with Crippen LogP contribution in [0.4, 0.5) is 0 Å². The Bertz CT molecular complexity index is 406. The zero-order valence-corrected chi connectivity index (χ0v) is 10.4. The molecular formula is C14H18N2. The largest absolute Gasteiger partial charge is 0.245 e. The average Bonchev–Trinajstić information content (AvgIpc) is 2.34. The van der Waals surface area contributed by atoms with Gasteiger partial charge in [0.15, 0.2) is 0 Å². The molecule has 1 heterocycles. The molecule has 0 fully saturated rings. The van der Waals surface area contributed by atoms with E-state index in [1.54, 1.807) is 6.33 Å². The number of rotatable bonds is 1. The van der Waals surface area contributed by atoms with Crippen LogP contribution in [0.5, 0.6) is 0 Å². The summed E-state index contributed by atoms with van der Waals surface area (Å²) in [5, 5.41) is 0. The maximum Gasteiger partial charge on any atom is 0.116 e. The Morgan fingerprint density at radius 2 is 1.62 bits per heavy atom. The molecule has 0 N–H and O–H groups in total. The molecule has 2 rings (SSSR count). The van der Waals surface area contributed by atoms with E-state index >= 15 is 0 Å². The van der Waals surface area contributed by atoms with Crippen molar-refractivity contribution in [3.63, 3.8) is 0 Å². The quantitative estimate of drug-likeness (QED) is 0.721. The van der Waals surface area contributed by atoms with Crippen molar-refractivity contribution in [3.8, 4) is 11.3 Å². The van der Waals surface area contributed by atoms with Gasteiger partial charge in [-0.25, -0.2) is 9.97 Å². The molecule has 0 aliphatic rings. The number of nitrogens with zero attached hydrogens (tertiary/aromatic N) is 2. The van der Waals surface area contributed by atoms with E-state index in [0.717, 1.165) is 11.3 Å². The molecule has 0 bridgehead atoms. The summed E-state index contributed by atoms with van der Waals surface area (Å²) in [6, 6.07) is 8.25. The van der Waals surface area contributed by atoms with Crippen LogP contribution in [-0.2, 0) is 0 Å². The van der Waals surface area contributed by atoms with Crippen LogP contribution >= 0.6 is 0 Å². The molecule has 0 saturated heterocycles. The lowest BCUT2D eigenvalue weighted by Crippen LogP contribution is -1.91. The normalized spacial score (nSPS) is 9.25. The van der Waals surface area contributed by atoms with Crippen molar-refractivity contribution in [2.24, 2.45) is 0 Å². The number of hydrogen-bond donors (Lipinski definition) is 0. The zero-order chi connectivity index (χ0) is 12.0. The molecular weight excluding hydrogens is 196 g/mol. The number of benzene rings is 1. The Kier molecular flexibility index (Phi) is 4.65. The third kappa shape index (κ3) is 2.66. The summed E-state index contributed by atoms with van der Waals surface area (Å²) >= 11 is 0. The van der Waals surface area contributed by atoms with E-state index in [9.17, 15) is 0 Å². The molecule has 0 aliphatic carbocycles. The standard InChI is InChI=1S/C12H12N2.C2H6/c1-9-5-3-4-6-11(9)12-10(2)7-13-8-14-12;1-2/h3-8H,1-2H3;1-2H3. The summed E-state index contributed by atoms with van der Waals surface area (Å²) in [6.45, 7) is 8.12. The topological polar surface area (TPSA) is 25.8 Å². The summed E-state index contributed by atoms with van der Waals surface area (Å²) in [5.41, 5.74) is 4.57. The monoisotopic (exact) mass is 214 g/mol. The second-order valence-corrected chi connectivity index (χ2v) is 3.37. The van der Waals surface area contributed by atoms with Gasteiger partial charge in [-0.05, 0) is 25.0 Å². The minimum absolute atomic E-state index is 1.03. The van der Waals surface area contributed by atoms with E-state index in [-0.39, 0.29) is 0 Å². The Balaban J connectivity index is 0.000000606. The fourth-order valence-electron chi connectivity index (χ4n) is 1.52. The summed E-state index contributed by atoms with van der Waals surface area (Å²) in [4.78, 5) is 8.29. The molecule has 2 heteroatoms. The molecule has 0 aliphatic heterocycles. The van der Waals surface area contributed by atoms with Gasteiger partial charge < -0.3 is 0 Å². The highest BCUT2D eigenvalue weighted by atomic mass is 14.8. The maximum absolute atomic E-state index is 4.30. The average molecular weight is 214 g/mol. The second-order valence-electron chi connectivity index (χ2n) is 3.37. The summed E-state index contributed by atoms with van der Waals surface area (Å²) < 4.78 is 0. The molecule has 0 radical (unpaired) electrons. The first kappa shape index (κ1) is 12.4. The van der Waals surface area contributed by atoms with E-state index in [0.29, 0.717) is 0 Å². The van der Waals surface area contributed by atoms with Crippen molar-refractivity contribution in [2.45, 2.75) is 27.7 Å². The molecule has 0 atom stereocenters. The van der Waals surface area contributed by atoms with Gasteiger partial charge in [-0.15, -0.1) is 0 Å². The molecule has 1 aromatic carbocycles. The summed E-state index contributed by atoms with van der Waals surface area (Å²) in [6.07, 6.45) is 3.43. The third-order valence-corrected chi connectivity index (χ3v) is 2.30. The SMILES string of the molecule is CC.Cc1ccccc1-c1ncncc1C. The third-order valence-electron chi connectivity index (χ3n) is 2.30. The van der Waals surface area contributed by atoms with Gasteiger partial charge in [0.25, 0.3) is 0 Å². The first-order chi connectivity index (χ1) is 7.79. The fourth-order valence-corrected chi connectivity index (χ4v) is 1.52. The molecule has 84 valence electrons. The molecule has 2 aromatic rings. The van der Waals surface area contributed by atoms with Gasteiger partial charge >= 0.3 is 0 Å². The van der Waals surface area contributed by atoms with Gasteiger partial charge in [0.2, 0.25) is 0 Å². The Hall–Kier alpha value is -1.70. The van der Waals surface area contributed by atoms with Crippen LogP contribution in [0, 0.1) is 13.8 Å². The highest BCUT2D eigenvalue weighted by molar-refractivity contribution is 5.65. The van der Waals surface area contributed by atoms with Crippen LogP contribution in [0.1, 0.15) is 25.0 Å². The van der Waals surface area contributed by atoms with Gasteiger partial charge in [0, 0.05) is 11.8 Å². The van der Waals surface area contributed by atoms with Crippen LogP contribution in [0.15, 0.2) is 36.8 Å². The lowest BCUT2D eigenvalue weighted by molar-refractivity contribution is 1.13. The van der Waals surface area contributed by atoms with Crippen molar-refractivity contribution in [1.29, 1.82) is 0 Å². The lowest BCUT2D eigenvalue weighted by atomic mass is 10.0. The maximum atomic E-state index is 4.30. The molecule has 0 unspecified atom stereocenters. The number of aryl methyl sites for hydroxylation is 2. The molecule has 2 nitrogen and oxygen atoms in total. The van der Waals surface area contributed by atoms with Gasteiger partial charge in [-0.3, -0.25) is 0 Å². The summed E-state index contributed by atoms with van der Waals surface area (Å²) in [5.74, 6) is 0. The minimum Gasteiger partial charge on any atom is -0.245 e. The van der Waals surface area contributed by atoms with Gasteiger partial charge in [-0.2, -0.15) is 0 Å². The summed E-state index contributed by atoms with van der Waals surface area (Å²) in [7, 11) is 0. The van der Waals surface area contributed by atoms with E-state index in [4.69, 9.17) is 0 Å². The predicted molar refractivity (Wildman–Crippen MR) is 68.3 cm³/mol. The van der Waals surface area contributed by atoms with Gasteiger partial charge in [0.05, 0.1) is 5.69 Å². The van der Waals surface area contributed by atoms with E-state index in [1.165, 1.54) is 11.1 Å². The first-order valence-corrected chi connectivity index (χ1v) is 5.61.